The minimum absolute atomic E-state index is 0.619. The van der Waals surface area contributed by atoms with Gasteiger partial charge in [-0.1, -0.05) is 32.1 Å². The van der Waals surface area contributed by atoms with Gasteiger partial charge in [-0.2, -0.15) is 0 Å². The molecule has 4 heteroatoms. The number of hydrogen-bond donors (Lipinski definition) is 1. The van der Waals surface area contributed by atoms with Gasteiger partial charge < -0.3 is 10.3 Å². The van der Waals surface area contributed by atoms with Crippen LogP contribution < -0.4 is 5.73 Å². The van der Waals surface area contributed by atoms with Crippen LogP contribution in [0.2, 0.25) is 0 Å². The first-order valence-corrected chi connectivity index (χ1v) is 6.90. The van der Waals surface area contributed by atoms with E-state index in [1.165, 1.54) is 38.5 Å². The topological polar surface area (TPSA) is 56.7 Å². The fraction of sp³-hybridized carbons (Fsp3) is 0.571. The van der Waals surface area contributed by atoms with Gasteiger partial charge in [0, 0.05) is 12.7 Å². The maximum atomic E-state index is 5.99. The zero-order valence-electron chi connectivity index (χ0n) is 10.7. The third kappa shape index (κ3) is 2.19. The van der Waals surface area contributed by atoms with E-state index in [-0.39, 0.29) is 0 Å². The Hall–Kier alpha value is -1.58. The zero-order chi connectivity index (χ0) is 12.4. The lowest BCUT2D eigenvalue weighted by Gasteiger charge is -2.21. The molecular formula is C14H20N4. The largest absolute Gasteiger partial charge is 0.369 e. The van der Waals surface area contributed by atoms with Crippen LogP contribution in [0, 0.1) is 5.92 Å². The molecule has 0 saturated heterocycles. The van der Waals surface area contributed by atoms with E-state index in [2.05, 4.69) is 14.5 Å². The fourth-order valence-corrected chi connectivity index (χ4v) is 3.02. The first kappa shape index (κ1) is 11.5. The minimum Gasteiger partial charge on any atom is -0.369 e. The summed E-state index contributed by atoms with van der Waals surface area (Å²) in [6, 6.07) is 2.00. The molecule has 0 unspecified atom stereocenters. The van der Waals surface area contributed by atoms with Crippen LogP contribution in [0.3, 0.4) is 0 Å². The Labute approximate surface area is 107 Å². The summed E-state index contributed by atoms with van der Waals surface area (Å²) in [5.41, 5.74) is 8.00. The van der Waals surface area contributed by atoms with Gasteiger partial charge in [-0.15, -0.1) is 0 Å². The van der Waals surface area contributed by atoms with Crippen molar-refractivity contribution in [3.05, 3.63) is 18.5 Å². The number of nitrogens with two attached hydrogens (primary N) is 1. The van der Waals surface area contributed by atoms with Gasteiger partial charge in [-0.3, -0.25) is 4.98 Å². The second-order valence-corrected chi connectivity index (χ2v) is 5.28. The predicted octanol–water partition coefficient (Wildman–Crippen LogP) is 2.98. The van der Waals surface area contributed by atoms with Crippen LogP contribution in [0.15, 0.2) is 18.5 Å². The SMILES string of the molecule is Nc1nc2cnccc2n1CCC1CCCCC1. The zero-order valence-corrected chi connectivity index (χ0v) is 10.7. The van der Waals surface area contributed by atoms with E-state index in [9.17, 15) is 0 Å². The fourth-order valence-electron chi connectivity index (χ4n) is 3.02. The summed E-state index contributed by atoms with van der Waals surface area (Å²) in [7, 11) is 0. The Morgan fingerprint density at radius 3 is 2.94 bits per heavy atom. The standard InChI is InChI=1S/C14H20N4/c15-14-17-12-10-16-8-6-13(12)18(14)9-7-11-4-2-1-3-5-11/h6,8,10-11H,1-5,7,9H2,(H2,15,17). The van der Waals surface area contributed by atoms with Crippen molar-refractivity contribution in [2.75, 3.05) is 5.73 Å². The number of fused-ring (bicyclic) bond motifs is 1. The quantitative estimate of drug-likeness (QED) is 0.903. The molecule has 1 aliphatic carbocycles. The normalized spacial score (nSPS) is 17.3. The average Bonchev–Trinajstić information content (AvgIpc) is 2.73. The summed E-state index contributed by atoms with van der Waals surface area (Å²) < 4.78 is 2.13. The maximum Gasteiger partial charge on any atom is 0.201 e. The van der Waals surface area contributed by atoms with Gasteiger partial charge in [0.25, 0.3) is 0 Å². The number of aromatic nitrogens is 3. The summed E-state index contributed by atoms with van der Waals surface area (Å²) in [4.78, 5) is 8.44. The molecule has 96 valence electrons. The van der Waals surface area contributed by atoms with Gasteiger partial charge in [0.15, 0.2) is 0 Å². The maximum absolute atomic E-state index is 5.99. The Kier molecular flexibility index (Phi) is 3.17. The van der Waals surface area contributed by atoms with Crippen LogP contribution in [-0.2, 0) is 6.54 Å². The van der Waals surface area contributed by atoms with Crippen LogP contribution in [0.1, 0.15) is 38.5 Å². The monoisotopic (exact) mass is 244 g/mol. The highest BCUT2D eigenvalue weighted by atomic mass is 15.2. The molecule has 0 aromatic carbocycles. The number of imidazole rings is 1. The molecule has 2 aromatic rings. The van der Waals surface area contributed by atoms with Crippen molar-refractivity contribution >= 4 is 17.0 Å². The van der Waals surface area contributed by atoms with Gasteiger partial charge in [-0.05, 0) is 18.4 Å². The van der Waals surface area contributed by atoms with E-state index in [0.29, 0.717) is 5.95 Å². The number of rotatable bonds is 3. The first-order valence-electron chi connectivity index (χ1n) is 6.90. The number of nitrogens with zero attached hydrogens (tertiary/aromatic N) is 3. The second kappa shape index (κ2) is 4.96. The number of hydrogen-bond acceptors (Lipinski definition) is 3. The molecule has 0 amide bonds. The van der Waals surface area contributed by atoms with Gasteiger partial charge in [0.1, 0.15) is 5.52 Å². The molecule has 2 heterocycles. The van der Waals surface area contributed by atoms with Crippen LogP contribution >= 0.6 is 0 Å². The summed E-state index contributed by atoms with van der Waals surface area (Å²) in [5, 5.41) is 0. The molecule has 0 aliphatic heterocycles. The Morgan fingerprint density at radius 2 is 2.11 bits per heavy atom. The van der Waals surface area contributed by atoms with E-state index in [4.69, 9.17) is 5.73 Å². The molecule has 0 bridgehead atoms. The first-order chi connectivity index (χ1) is 8.84. The molecule has 0 radical (unpaired) electrons. The van der Waals surface area contributed by atoms with E-state index < -0.39 is 0 Å². The number of pyridine rings is 1. The van der Waals surface area contributed by atoms with Crippen molar-refractivity contribution in [2.24, 2.45) is 5.92 Å². The number of aryl methyl sites for hydroxylation is 1. The lowest BCUT2D eigenvalue weighted by Crippen LogP contribution is -2.11. The molecule has 18 heavy (non-hydrogen) atoms. The van der Waals surface area contributed by atoms with Crippen molar-refractivity contribution in [3.63, 3.8) is 0 Å². The van der Waals surface area contributed by atoms with Crippen molar-refractivity contribution in [3.8, 4) is 0 Å². The lowest BCUT2D eigenvalue weighted by molar-refractivity contribution is 0.326. The molecule has 2 N–H and O–H groups in total. The van der Waals surface area contributed by atoms with Gasteiger partial charge in [0.2, 0.25) is 5.95 Å². The van der Waals surface area contributed by atoms with Gasteiger partial charge >= 0.3 is 0 Å². The summed E-state index contributed by atoms with van der Waals surface area (Å²) in [5.74, 6) is 1.49. The van der Waals surface area contributed by atoms with Crippen molar-refractivity contribution in [1.82, 2.24) is 14.5 Å². The summed E-state index contributed by atoms with van der Waals surface area (Å²) >= 11 is 0. The van der Waals surface area contributed by atoms with Crippen LogP contribution in [0.25, 0.3) is 11.0 Å². The van der Waals surface area contributed by atoms with Crippen LogP contribution in [0.4, 0.5) is 5.95 Å². The van der Waals surface area contributed by atoms with E-state index in [0.717, 1.165) is 23.5 Å². The molecule has 4 nitrogen and oxygen atoms in total. The molecular weight excluding hydrogens is 224 g/mol. The van der Waals surface area contributed by atoms with Gasteiger partial charge in [0.05, 0.1) is 11.7 Å². The van der Waals surface area contributed by atoms with E-state index >= 15 is 0 Å². The molecule has 3 rings (SSSR count). The van der Waals surface area contributed by atoms with E-state index in [1.807, 2.05) is 6.07 Å². The highest BCUT2D eigenvalue weighted by molar-refractivity contribution is 5.76. The molecule has 2 aromatic heterocycles. The van der Waals surface area contributed by atoms with Crippen molar-refractivity contribution in [2.45, 2.75) is 45.1 Å². The van der Waals surface area contributed by atoms with Crippen LogP contribution in [-0.4, -0.2) is 14.5 Å². The summed E-state index contributed by atoms with van der Waals surface area (Å²) in [6.07, 6.45) is 11.8. The number of nitrogen functional groups attached to an aromatic ring is 1. The van der Waals surface area contributed by atoms with E-state index in [1.54, 1.807) is 12.4 Å². The highest BCUT2D eigenvalue weighted by Crippen LogP contribution is 2.27. The number of anilines is 1. The predicted molar refractivity (Wildman–Crippen MR) is 73.1 cm³/mol. The Bertz CT molecular complexity index is 526. The summed E-state index contributed by atoms with van der Waals surface area (Å²) in [6.45, 7) is 0.983. The second-order valence-electron chi connectivity index (χ2n) is 5.28. The molecule has 1 fully saturated rings. The molecule has 0 atom stereocenters. The minimum atomic E-state index is 0.619. The smallest absolute Gasteiger partial charge is 0.201 e. The lowest BCUT2D eigenvalue weighted by atomic mass is 9.87. The Morgan fingerprint density at radius 1 is 1.28 bits per heavy atom. The average molecular weight is 244 g/mol. The highest BCUT2D eigenvalue weighted by Gasteiger charge is 2.15. The van der Waals surface area contributed by atoms with Crippen molar-refractivity contribution < 1.29 is 0 Å². The molecule has 0 spiro atoms. The van der Waals surface area contributed by atoms with Crippen molar-refractivity contribution in [1.29, 1.82) is 0 Å². The van der Waals surface area contributed by atoms with Gasteiger partial charge in [-0.25, -0.2) is 4.98 Å². The molecule has 1 aliphatic rings. The van der Waals surface area contributed by atoms with Crippen LogP contribution in [0.5, 0.6) is 0 Å². The molecule has 1 saturated carbocycles. The third-order valence-corrected chi connectivity index (χ3v) is 4.07. The third-order valence-electron chi connectivity index (χ3n) is 4.07. The Balaban J connectivity index is 1.75.